The van der Waals surface area contributed by atoms with Gasteiger partial charge < -0.3 is 39.1 Å². The maximum absolute atomic E-state index is 12.6. The molecule has 0 saturated carbocycles. The number of benzene rings is 1. The van der Waals surface area contributed by atoms with E-state index in [0.717, 1.165) is 95.6 Å². The second kappa shape index (κ2) is 28.4. The van der Waals surface area contributed by atoms with Crippen LogP contribution in [0.5, 0.6) is 5.75 Å². The lowest BCUT2D eigenvalue weighted by Gasteiger charge is -2.24. The number of ketones is 1. The van der Waals surface area contributed by atoms with Crippen molar-refractivity contribution in [2.75, 3.05) is 13.2 Å². The third-order valence-electron chi connectivity index (χ3n) is 11.4. The zero-order valence-electron chi connectivity index (χ0n) is 33.9. The molecule has 3 rings (SSSR count). The molecular formula is C45H76O9. The van der Waals surface area contributed by atoms with Gasteiger partial charge in [0.15, 0.2) is 0 Å². The highest BCUT2D eigenvalue weighted by atomic mass is 16.6. The summed E-state index contributed by atoms with van der Waals surface area (Å²) in [5.74, 6) is 0.0801. The van der Waals surface area contributed by atoms with Gasteiger partial charge in [0, 0.05) is 6.42 Å². The highest BCUT2D eigenvalue weighted by Crippen LogP contribution is 2.35. The molecule has 0 radical (unpaired) electrons. The van der Waals surface area contributed by atoms with Gasteiger partial charge in [0.05, 0.1) is 48.6 Å². The van der Waals surface area contributed by atoms with Crippen LogP contribution in [0.3, 0.4) is 0 Å². The molecule has 54 heavy (non-hydrogen) atoms. The highest BCUT2D eigenvalue weighted by Gasteiger charge is 2.40. The van der Waals surface area contributed by atoms with E-state index < -0.39 is 12.2 Å². The Morgan fingerprint density at radius 3 is 1.72 bits per heavy atom. The molecule has 3 N–H and O–H groups in total. The molecule has 0 amide bonds. The van der Waals surface area contributed by atoms with E-state index in [1.54, 1.807) is 0 Å². The smallest absolute Gasteiger partial charge is 0.309 e. The first-order valence-corrected chi connectivity index (χ1v) is 22.0. The van der Waals surface area contributed by atoms with Gasteiger partial charge in [-0.1, -0.05) is 115 Å². The SMILES string of the molecule is CCCCCC[C@H](O)CCC[C@H](O)[C@H]1CC[C@H]([C@H]2CC[C@H]([C@H](O)CCCCCCCCCCCCC(CC(C)=O)C(=O)OCCOc3ccccc3)O2)O1. The minimum Gasteiger partial charge on any atom is -0.490 e. The number of esters is 1. The maximum Gasteiger partial charge on any atom is 0.309 e. The molecule has 1 aromatic carbocycles. The Morgan fingerprint density at radius 2 is 1.15 bits per heavy atom. The Balaban J connectivity index is 1.13. The number of ether oxygens (including phenoxy) is 4. The van der Waals surface area contributed by atoms with Crippen LogP contribution in [0.1, 0.15) is 174 Å². The van der Waals surface area contributed by atoms with E-state index in [-0.39, 0.29) is 61.2 Å². The van der Waals surface area contributed by atoms with Crippen molar-refractivity contribution in [2.24, 2.45) is 5.92 Å². The molecule has 0 aromatic heterocycles. The lowest BCUT2D eigenvalue weighted by atomic mass is 9.95. The predicted molar refractivity (Wildman–Crippen MR) is 214 cm³/mol. The van der Waals surface area contributed by atoms with E-state index in [1.807, 2.05) is 30.3 Å². The highest BCUT2D eigenvalue weighted by molar-refractivity contribution is 5.82. The van der Waals surface area contributed by atoms with Crippen molar-refractivity contribution >= 4 is 11.8 Å². The van der Waals surface area contributed by atoms with Gasteiger partial charge in [-0.25, -0.2) is 0 Å². The molecule has 1 unspecified atom stereocenters. The van der Waals surface area contributed by atoms with Crippen molar-refractivity contribution in [3.8, 4) is 5.75 Å². The van der Waals surface area contributed by atoms with Gasteiger partial charge in [-0.15, -0.1) is 0 Å². The van der Waals surface area contributed by atoms with Crippen LogP contribution in [0.15, 0.2) is 30.3 Å². The summed E-state index contributed by atoms with van der Waals surface area (Å²) in [6, 6.07) is 9.43. The van der Waals surface area contributed by atoms with Crippen LogP contribution in [-0.2, 0) is 23.8 Å². The third kappa shape index (κ3) is 19.7. The molecule has 2 aliphatic heterocycles. The molecule has 2 saturated heterocycles. The summed E-state index contributed by atoms with van der Waals surface area (Å²) < 4.78 is 23.6. The molecule has 9 nitrogen and oxygen atoms in total. The molecule has 8 atom stereocenters. The average molecular weight is 761 g/mol. The molecule has 310 valence electrons. The second-order valence-corrected chi connectivity index (χ2v) is 16.2. The number of carbonyl (C=O) groups excluding carboxylic acids is 2. The van der Waals surface area contributed by atoms with E-state index >= 15 is 0 Å². The van der Waals surface area contributed by atoms with Crippen molar-refractivity contribution in [1.82, 2.24) is 0 Å². The molecule has 0 aliphatic carbocycles. The number of unbranched alkanes of at least 4 members (excludes halogenated alkanes) is 12. The van der Waals surface area contributed by atoms with Gasteiger partial charge in [-0.2, -0.15) is 0 Å². The van der Waals surface area contributed by atoms with Crippen molar-refractivity contribution in [3.63, 3.8) is 0 Å². The summed E-state index contributed by atoms with van der Waals surface area (Å²) in [5.41, 5.74) is 0. The van der Waals surface area contributed by atoms with Crippen LogP contribution in [0.2, 0.25) is 0 Å². The number of carbonyl (C=O) groups is 2. The minimum atomic E-state index is -0.496. The van der Waals surface area contributed by atoms with E-state index in [2.05, 4.69) is 6.92 Å². The number of aliphatic hydroxyl groups is 3. The Labute approximate surface area is 327 Å². The van der Waals surface area contributed by atoms with E-state index in [9.17, 15) is 24.9 Å². The molecule has 1 aromatic rings. The van der Waals surface area contributed by atoms with Crippen molar-refractivity contribution < 1.29 is 43.9 Å². The number of Topliss-reactive ketones (excluding diaryl/α,β-unsaturated/α-hetero) is 1. The fraction of sp³-hybridized carbons (Fsp3) is 0.822. The maximum atomic E-state index is 12.6. The summed E-state index contributed by atoms with van der Waals surface area (Å²) in [5, 5.41) is 31.8. The second-order valence-electron chi connectivity index (χ2n) is 16.2. The fourth-order valence-electron chi connectivity index (χ4n) is 8.12. The van der Waals surface area contributed by atoms with Gasteiger partial charge in [0.25, 0.3) is 0 Å². The first-order chi connectivity index (χ1) is 26.3. The first kappa shape index (κ1) is 46.3. The van der Waals surface area contributed by atoms with Crippen LogP contribution in [0.25, 0.3) is 0 Å². The lowest BCUT2D eigenvalue weighted by molar-refractivity contribution is -0.151. The third-order valence-corrected chi connectivity index (χ3v) is 11.4. The number of para-hydroxylation sites is 1. The number of rotatable bonds is 32. The number of hydrogen-bond donors (Lipinski definition) is 3. The average Bonchev–Trinajstić information content (AvgIpc) is 3.86. The molecule has 2 heterocycles. The predicted octanol–water partition coefficient (Wildman–Crippen LogP) is 9.20. The number of hydrogen-bond acceptors (Lipinski definition) is 9. The monoisotopic (exact) mass is 761 g/mol. The van der Waals surface area contributed by atoms with Crippen LogP contribution in [0, 0.1) is 5.92 Å². The standard InChI is InChI=1S/C45H76O9/c1-3-4-5-16-22-37(47)23-20-27-40(49)42-29-31-44(54-42)43-30-28-41(53-43)39(48)26-19-13-11-9-7-6-8-10-12-15-21-36(34-35(2)46)45(50)52-33-32-51-38-24-17-14-18-25-38/h14,17-18,24-25,36-37,39-44,47-49H,3-13,15-16,19-23,26-34H2,1-2H3/t36?,37-,39+,40-,41+,42+,43+,44+/m0/s1. The topological polar surface area (TPSA) is 132 Å². The number of aliphatic hydroxyl groups excluding tert-OH is 3. The first-order valence-electron chi connectivity index (χ1n) is 22.0. The Hall–Kier alpha value is -2.04. The minimum absolute atomic E-state index is 0.00108. The zero-order valence-corrected chi connectivity index (χ0v) is 33.9. The van der Waals surface area contributed by atoms with Crippen LogP contribution < -0.4 is 4.74 Å². The molecule has 0 spiro atoms. The Kier molecular flexibility index (Phi) is 24.3. The molecule has 9 heteroatoms. The van der Waals surface area contributed by atoms with Gasteiger partial charge >= 0.3 is 5.97 Å². The quantitative estimate of drug-likeness (QED) is 0.0486. The summed E-state index contributed by atoms with van der Waals surface area (Å²) in [6.45, 7) is 4.19. The van der Waals surface area contributed by atoms with E-state index in [0.29, 0.717) is 19.4 Å². The van der Waals surface area contributed by atoms with E-state index in [4.69, 9.17) is 18.9 Å². The summed E-state index contributed by atoms with van der Waals surface area (Å²) >= 11 is 0. The van der Waals surface area contributed by atoms with Crippen molar-refractivity contribution in [1.29, 1.82) is 0 Å². The summed E-state index contributed by atoms with van der Waals surface area (Å²) in [6.07, 6.45) is 22.7. The summed E-state index contributed by atoms with van der Waals surface area (Å²) in [4.78, 5) is 24.3. The zero-order chi connectivity index (χ0) is 38.8. The van der Waals surface area contributed by atoms with Crippen LogP contribution >= 0.6 is 0 Å². The molecular weight excluding hydrogens is 684 g/mol. The van der Waals surface area contributed by atoms with Gasteiger partial charge in [-0.3, -0.25) is 4.79 Å². The Bertz CT molecular complexity index is 1100. The molecule has 2 aliphatic rings. The van der Waals surface area contributed by atoms with Crippen molar-refractivity contribution in [3.05, 3.63) is 30.3 Å². The van der Waals surface area contributed by atoms with Crippen molar-refractivity contribution in [2.45, 2.75) is 217 Å². The van der Waals surface area contributed by atoms with Crippen LogP contribution in [0.4, 0.5) is 0 Å². The van der Waals surface area contributed by atoms with Gasteiger partial charge in [0.2, 0.25) is 0 Å². The van der Waals surface area contributed by atoms with Gasteiger partial charge in [-0.05, 0) is 83.3 Å². The lowest BCUT2D eigenvalue weighted by Crippen LogP contribution is -2.33. The summed E-state index contributed by atoms with van der Waals surface area (Å²) in [7, 11) is 0. The van der Waals surface area contributed by atoms with E-state index in [1.165, 1.54) is 58.3 Å². The van der Waals surface area contributed by atoms with Gasteiger partial charge in [0.1, 0.15) is 24.7 Å². The molecule has 2 fully saturated rings. The normalized spacial score (nSPS) is 22.2. The fourth-order valence-corrected chi connectivity index (χ4v) is 8.12. The van der Waals surface area contributed by atoms with Crippen LogP contribution in [-0.4, -0.2) is 83.0 Å². The molecule has 0 bridgehead atoms. The Morgan fingerprint density at radius 1 is 0.648 bits per heavy atom. The largest absolute Gasteiger partial charge is 0.490 e.